The normalized spacial score (nSPS) is 21.3. The standard InChI is InChI=1S/C38H38N6O6S/c45-32-22-33(43(24-32)38(48)50-25-26-6-2-1-3-7-26)35(46)40-28-11-9-27(10-12-28)34-36(47)44(23-30-8-4-5-17-39-30)37(51-34)41-29-13-15-31(16-14-29)42-18-20-49-21-19-42/h1-17,32-34,45H,18-25H2,(H,40,46)/t32-,33+,34?/m1/s1. The van der Waals surface area contributed by atoms with Crippen LogP contribution in [0.1, 0.15) is 28.5 Å². The first-order valence-electron chi connectivity index (χ1n) is 16.9. The Kier molecular flexibility index (Phi) is 10.6. The maximum atomic E-state index is 13.9. The number of anilines is 2. The molecule has 3 fully saturated rings. The number of amidine groups is 1. The number of β-amino-alcohol motifs (C(OH)–C–C–N with tert-alkyl or cyclic N) is 1. The van der Waals surface area contributed by atoms with Crippen LogP contribution in [0.5, 0.6) is 0 Å². The lowest BCUT2D eigenvalue weighted by Crippen LogP contribution is -2.43. The highest BCUT2D eigenvalue weighted by molar-refractivity contribution is 8.15. The van der Waals surface area contributed by atoms with Gasteiger partial charge in [-0.1, -0.05) is 60.3 Å². The second-order valence-electron chi connectivity index (χ2n) is 12.5. The molecule has 0 radical (unpaired) electrons. The van der Waals surface area contributed by atoms with E-state index >= 15 is 0 Å². The van der Waals surface area contributed by atoms with Gasteiger partial charge in [-0.3, -0.25) is 24.4 Å². The fraction of sp³-hybridized carbons (Fsp3) is 0.289. The van der Waals surface area contributed by atoms with E-state index in [0.717, 1.165) is 41.3 Å². The van der Waals surface area contributed by atoms with Gasteiger partial charge >= 0.3 is 6.09 Å². The number of benzene rings is 3. The number of hydrogen-bond acceptors (Lipinski definition) is 10. The maximum absolute atomic E-state index is 13.9. The van der Waals surface area contributed by atoms with Crippen LogP contribution < -0.4 is 10.2 Å². The molecule has 0 aliphatic carbocycles. The van der Waals surface area contributed by atoms with E-state index in [2.05, 4.69) is 15.2 Å². The number of ether oxygens (including phenoxy) is 2. The quantitative estimate of drug-likeness (QED) is 0.243. The van der Waals surface area contributed by atoms with E-state index in [0.29, 0.717) is 24.1 Å². The van der Waals surface area contributed by atoms with Crippen LogP contribution in [0.25, 0.3) is 0 Å². The zero-order chi connectivity index (χ0) is 35.2. The largest absolute Gasteiger partial charge is 0.445 e. The fourth-order valence-corrected chi connectivity index (χ4v) is 7.43. The number of amides is 3. The van der Waals surface area contributed by atoms with Gasteiger partial charge in [-0.25, -0.2) is 9.79 Å². The van der Waals surface area contributed by atoms with Crippen LogP contribution in [-0.2, 0) is 32.2 Å². The third-order valence-corrected chi connectivity index (χ3v) is 10.2. The zero-order valence-corrected chi connectivity index (χ0v) is 28.7. The highest BCUT2D eigenvalue weighted by Crippen LogP contribution is 2.41. The van der Waals surface area contributed by atoms with Crippen molar-refractivity contribution in [2.24, 2.45) is 4.99 Å². The first-order chi connectivity index (χ1) is 24.9. The molecule has 3 aliphatic rings. The third-order valence-electron chi connectivity index (χ3n) is 8.94. The van der Waals surface area contributed by atoms with Gasteiger partial charge in [0.1, 0.15) is 17.9 Å². The van der Waals surface area contributed by atoms with Gasteiger partial charge in [0, 0.05) is 37.1 Å². The molecule has 12 nitrogen and oxygen atoms in total. The van der Waals surface area contributed by atoms with E-state index in [1.807, 2.05) is 72.8 Å². The summed E-state index contributed by atoms with van der Waals surface area (Å²) in [5.41, 5.74) is 4.66. The molecular weight excluding hydrogens is 669 g/mol. The summed E-state index contributed by atoms with van der Waals surface area (Å²) in [4.78, 5) is 54.7. The summed E-state index contributed by atoms with van der Waals surface area (Å²) in [5, 5.41) is 13.2. The van der Waals surface area contributed by atoms with E-state index in [1.54, 1.807) is 35.4 Å². The predicted octanol–water partition coefficient (Wildman–Crippen LogP) is 5.13. The summed E-state index contributed by atoms with van der Waals surface area (Å²) in [6.45, 7) is 3.43. The topological polar surface area (TPSA) is 137 Å². The van der Waals surface area contributed by atoms with Gasteiger partial charge in [0.25, 0.3) is 0 Å². The Bertz CT molecular complexity index is 1860. The highest BCUT2D eigenvalue weighted by atomic mass is 32.2. The van der Waals surface area contributed by atoms with Crippen molar-refractivity contribution in [3.05, 3.63) is 120 Å². The van der Waals surface area contributed by atoms with Gasteiger partial charge in [0.15, 0.2) is 5.17 Å². The minimum absolute atomic E-state index is 0.00255. The lowest BCUT2D eigenvalue weighted by molar-refractivity contribution is -0.126. The minimum Gasteiger partial charge on any atom is -0.445 e. The van der Waals surface area contributed by atoms with Gasteiger partial charge < -0.3 is 24.8 Å². The number of hydrogen-bond donors (Lipinski definition) is 2. The second-order valence-corrected chi connectivity index (χ2v) is 13.5. The molecule has 0 spiro atoms. The fourth-order valence-electron chi connectivity index (χ4n) is 6.25. The third kappa shape index (κ3) is 8.22. The van der Waals surface area contributed by atoms with Crippen LogP contribution in [-0.4, -0.2) is 88.0 Å². The highest BCUT2D eigenvalue weighted by Gasteiger charge is 2.41. The van der Waals surface area contributed by atoms with Crippen molar-refractivity contribution < 1.29 is 29.0 Å². The van der Waals surface area contributed by atoms with Crippen molar-refractivity contribution >= 4 is 51.9 Å². The number of carbonyl (C=O) groups is 3. The van der Waals surface area contributed by atoms with E-state index in [9.17, 15) is 19.5 Å². The number of likely N-dealkylation sites (tertiary alicyclic amines) is 1. The Balaban J connectivity index is 1.03. The van der Waals surface area contributed by atoms with Crippen molar-refractivity contribution in [3.8, 4) is 0 Å². The number of nitrogens with one attached hydrogen (secondary N) is 1. The number of rotatable bonds is 9. The Morgan fingerprint density at radius 3 is 2.43 bits per heavy atom. The molecule has 3 aromatic carbocycles. The molecule has 7 rings (SSSR count). The van der Waals surface area contributed by atoms with Crippen LogP contribution in [0.3, 0.4) is 0 Å². The molecule has 4 aromatic rings. The van der Waals surface area contributed by atoms with E-state index in [-0.39, 0.29) is 32.0 Å². The molecule has 4 heterocycles. The maximum Gasteiger partial charge on any atom is 0.410 e. The number of pyridine rings is 1. The van der Waals surface area contributed by atoms with E-state index < -0.39 is 29.4 Å². The van der Waals surface area contributed by atoms with Crippen LogP contribution in [0.4, 0.5) is 21.9 Å². The zero-order valence-electron chi connectivity index (χ0n) is 27.8. The SMILES string of the molecule is O=C(Nc1ccc(C2SC(=Nc3ccc(N4CCOCC4)cc3)N(Cc3ccccn3)C2=O)cc1)[C@@H]1C[C@@H](O)CN1C(=O)OCc1ccccc1. The second kappa shape index (κ2) is 15.8. The smallest absolute Gasteiger partial charge is 0.410 e. The van der Waals surface area contributed by atoms with Gasteiger partial charge in [-0.2, -0.15) is 0 Å². The molecule has 3 amide bonds. The summed E-state index contributed by atoms with van der Waals surface area (Å²) in [6.07, 6.45) is 0.295. The molecule has 13 heteroatoms. The van der Waals surface area contributed by atoms with Gasteiger partial charge in [0.2, 0.25) is 11.8 Å². The average Bonchev–Trinajstić information content (AvgIpc) is 3.71. The van der Waals surface area contributed by atoms with Crippen LogP contribution in [0.2, 0.25) is 0 Å². The molecule has 0 saturated carbocycles. The van der Waals surface area contributed by atoms with E-state index in [4.69, 9.17) is 14.5 Å². The number of carbonyl (C=O) groups excluding carboxylic acids is 3. The minimum atomic E-state index is -0.892. The average molecular weight is 707 g/mol. The summed E-state index contributed by atoms with van der Waals surface area (Å²) in [7, 11) is 0. The summed E-state index contributed by atoms with van der Waals surface area (Å²) in [5.74, 6) is -0.548. The Hall–Kier alpha value is -5.24. The molecule has 3 atom stereocenters. The van der Waals surface area contributed by atoms with Crippen LogP contribution in [0.15, 0.2) is 108 Å². The Labute approximate surface area is 300 Å². The number of aliphatic hydroxyl groups excluding tert-OH is 1. The van der Waals surface area contributed by atoms with Crippen molar-refractivity contribution in [1.29, 1.82) is 0 Å². The number of aliphatic imine (C=N–C) groups is 1. The molecule has 51 heavy (non-hydrogen) atoms. The lowest BCUT2D eigenvalue weighted by atomic mass is 10.1. The monoisotopic (exact) mass is 706 g/mol. The first kappa shape index (κ1) is 34.2. The molecular formula is C38H38N6O6S. The molecule has 2 N–H and O–H groups in total. The van der Waals surface area contributed by atoms with Crippen LogP contribution >= 0.6 is 11.8 Å². The molecule has 262 valence electrons. The molecule has 3 aliphatic heterocycles. The van der Waals surface area contributed by atoms with Gasteiger partial charge in [-0.05, 0) is 59.7 Å². The van der Waals surface area contributed by atoms with Crippen molar-refractivity contribution in [2.45, 2.75) is 37.0 Å². The number of aromatic nitrogens is 1. The van der Waals surface area contributed by atoms with Crippen molar-refractivity contribution in [1.82, 2.24) is 14.8 Å². The molecule has 0 bridgehead atoms. The number of nitrogens with zero attached hydrogens (tertiary/aromatic N) is 5. The molecule has 1 unspecified atom stereocenters. The first-order valence-corrected chi connectivity index (χ1v) is 17.7. The Morgan fingerprint density at radius 2 is 1.71 bits per heavy atom. The number of aliphatic hydroxyl groups is 1. The van der Waals surface area contributed by atoms with Gasteiger partial charge in [0.05, 0.1) is 43.8 Å². The Morgan fingerprint density at radius 1 is 0.961 bits per heavy atom. The number of morpholine rings is 1. The molecule has 3 saturated heterocycles. The summed E-state index contributed by atoms with van der Waals surface area (Å²) < 4.78 is 10.9. The van der Waals surface area contributed by atoms with Crippen LogP contribution in [0, 0.1) is 0 Å². The predicted molar refractivity (Wildman–Crippen MR) is 195 cm³/mol. The summed E-state index contributed by atoms with van der Waals surface area (Å²) >= 11 is 1.37. The lowest BCUT2D eigenvalue weighted by Gasteiger charge is -2.28. The molecule has 1 aromatic heterocycles. The van der Waals surface area contributed by atoms with Gasteiger partial charge in [-0.15, -0.1) is 0 Å². The van der Waals surface area contributed by atoms with Crippen molar-refractivity contribution in [2.75, 3.05) is 43.1 Å². The van der Waals surface area contributed by atoms with E-state index in [1.165, 1.54) is 16.7 Å². The number of thioether (sulfide) groups is 1. The summed E-state index contributed by atoms with van der Waals surface area (Å²) in [6, 6.07) is 29.0. The van der Waals surface area contributed by atoms with Crippen molar-refractivity contribution in [3.63, 3.8) is 0 Å².